The smallest absolute Gasteiger partial charge is 0.471 e. The number of alkyl halides is 3. The first-order chi connectivity index (χ1) is 21.5. The third-order valence-corrected chi connectivity index (χ3v) is 6.43. The number of carboxylic acids is 1. The van der Waals surface area contributed by atoms with Crippen LogP contribution < -0.4 is 15.4 Å². The largest absolute Gasteiger partial charge is 0.482 e. The zero-order valence-corrected chi connectivity index (χ0v) is 24.9. The molecule has 0 fully saturated rings. The van der Waals surface area contributed by atoms with E-state index in [0.717, 1.165) is 18.2 Å². The number of carbonyl (C=O) groups excluding carboxylic acids is 4. The second-order valence-electron chi connectivity index (χ2n) is 11.0. The lowest BCUT2D eigenvalue weighted by Gasteiger charge is -2.19. The first-order valence-electron chi connectivity index (χ1n) is 13.6. The molecule has 0 atom stereocenters. The number of nitrogens with one attached hydrogen (secondary N) is 2. The number of fused-ring (bicyclic) bond motifs is 1. The van der Waals surface area contributed by atoms with E-state index in [0.29, 0.717) is 11.1 Å². The van der Waals surface area contributed by atoms with Crippen LogP contribution in [0.25, 0.3) is 5.52 Å². The molecule has 0 spiro atoms. The van der Waals surface area contributed by atoms with E-state index >= 15 is 0 Å². The molecule has 0 saturated carbocycles. The molecule has 11 nitrogen and oxygen atoms in total. The minimum atomic E-state index is -5.26. The van der Waals surface area contributed by atoms with Crippen molar-refractivity contribution in [2.45, 2.75) is 39.5 Å². The molecule has 0 radical (unpaired) electrons. The maximum atomic E-state index is 13.7. The zero-order valence-electron chi connectivity index (χ0n) is 24.9. The van der Waals surface area contributed by atoms with E-state index in [1.54, 1.807) is 64.2 Å². The molecule has 14 heteroatoms. The molecule has 0 aliphatic carbocycles. The molecule has 0 bridgehead atoms. The van der Waals surface area contributed by atoms with Gasteiger partial charge < -0.3 is 29.6 Å². The van der Waals surface area contributed by atoms with Crippen molar-refractivity contribution in [2.24, 2.45) is 0 Å². The van der Waals surface area contributed by atoms with Gasteiger partial charge in [-0.25, -0.2) is 9.59 Å². The van der Waals surface area contributed by atoms with Crippen LogP contribution in [0.3, 0.4) is 0 Å². The van der Waals surface area contributed by atoms with Gasteiger partial charge in [-0.1, -0.05) is 12.1 Å². The molecule has 2 amide bonds. The predicted octanol–water partition coefficient (Wildman–Crippen LogP) is 5.65. The van der Waals surface area contributed by atoms with Crippen molar-refractivity contribution in [1.29, 1.82) is 0 Å². The number of hydrogen-bond donors (Lipinski definition) is 3. The molecule has 46 heavy (non-hydrogen) atoms. The number of esters is 1. The van der Waals surface area contributed by atoms with Crippen LogP contribution in [-0.2, 0) is 14.3 Å². The predicted molar refractivity (Wildman–Crippen MR) is 159 cm³/mol. The van der Waals surface area contributed by atoms with Crippen LogP contribution in [0.4, 0.5) is 24.5 Å². The Morgan fingerprint density at radius 3 is 2.26 bits per heavy atom. The summed E-state index contributed by atoms with van der Waals surface area (Å²) in [5.41, 5.74) is -1.05. The first-order valence-corrected chi connectivity index (χ1v) is 13.6. The molecule has 0 aliphatic heterocycles. The van der Waals surface area contributed by atoms with E-state index < -0.39 is 52.6 Å². The quantitative estimate of drug-likeness (QED) is 0.157. The molecule has 0 saturated heterocycles. The number of ether oxygens (including phenoxy) is 2. The average Bonchev–Trinajstić information content (AvgIpc) is 3.25. The number of benzene rings is 2. The van der Waals surface area contributed by atoms with Crippen molar-refractivity contribution >= 4 is 46.4 Å². The molecule has 2 aromatic carbocycles. The van der Waals surface area contributed by atoms with Crippen LogP contribution in [0.1, 0.15) is 63.1 Å². The number of aromatic carboxylic acids is 1. The Morgan fingerprint density at radius 2 is 1.61 bits per heavy atom. The van der Waals surface area contributed by atoms with Gasteiger partial charge in [-0.05, 0) is 76.2 Å². The first kappa shape index (κ1) is 33.2. The van der Waals surface area contributed by atoms with Gasteiger partial charge in [0.25, 0.3) is 5.91 Å². The monoisotopic (exact) mass is 639 g/mol. The average molecular weight is 640 g/mol. The Hall–Kier alpha value is -5.66. The Morgan fingerprint density at radius 1 is 0.891 bits per heavy atom. The summed E-state index contributed by atoms with van der Waals surface area (Å²) in [5.74, 6) is -5.67. The number of rotatable bonds is 9. The van der Waals surface area contributed by atoms with Gasteiger partial charge in [-0.15, -0.1) is 0 Å². The number of anilines is 2. The molecule has 3 N–H and O–H groups in total. The summed E-state index contributed by atoms with van der Waals surface area (Å²) in [7, 11) is 0. The van der Waals surface area contributed by atoms with Crippen molar-refractivity contribution in [3.05, 3.63) is 94.8 Å². The summed E-state index contributed by atoms with van der Waals surface area (Å²) in [4.78, 5) is 62.3. The highest BCUT2D eigenvalue weighted by atomic mass is 19.4. The highest BCUT2D eigenvalue weighted by Crippen LogP contribution is 2.32. The SMILES string of the molecule is Cc1c(NC(=O)c2cccc(OCC(=O)OC(C)(C)C)c2)c2ccccn2c1C(=O)c1ccc(NC(=O)C(F)(F)F)c(C(=O)O)c1. The summed E-state index contributed by atoms with van der Waals surface area (Å²) >= 11 is 0. The van der Waals surface area contributed by atoms with E-state index in [2.05, 4.69) is 5.32 Å². The van der Waals surface area contributed by atoms with Crippen molar-refractivity contribution in [3.63, 3.8) is 0 Å². The summed E-state index contributed by atoms with van der Waals surface area (Å²) in [6.45, 7) is 6.33. The number of amides is 2. The second-order valence-corrected chi connectivity index (χ2v) is 11.0. The highest BCUT2D eigenvalue weighted by molar-refractivity contribution is 6.15. The molecule has 4 aromatic rings. The number of pyridine rings is 1. The summed E-state index contributed by atoms with van der Waals surface area (Å²) in [6.07, 6.45) is -3.71. The normalized spacial score (nSPS) is 11.5. The van der Waals surface area contributed by atoms with E-state index in [1.807, 2.05) is 0 Å². The van der Waals surface area contributed by atoms with Gasteiger partial charge in [-0.3, -0.25) is 14.4 Å². The number of hydrogen-bond acceptors (Lipinski definition) is 7. The molecule has 240 valence electrons. The van der Waals surface area contributed by atoms with Crippen LogP contribution in [0, 0.1) is 6.92 Å². The Labute approximate surface area is 259 Å². The van der Waals surface area contributed by atoms with Gasteiger partial charge in [-0.2, -0.15) is 13.2 Å². The lowest BCUT2D eigenvalue weighted by Crippen LogP contribution is -2.30. The highest BCUT2D eigenvalue weighted by Gasteiger charge is 2.39. The number of carboxylic acid groups (broad SMARTS) is 1. The van der Waals surface area contributed by atoms with Crippen molar-refractivity contribution in [3.8, 4) is 5.75 Å². The van der Waals surface area contributed by atoms with Crippen molar-refractivity contribution in [1.82, 2.24) is 4.40 Å². The molecule has 0 aliphatic rings. The van der Waals surface area contributed by atoms with E-state index in [4.69, 9.17) is 9.47 Å². The van der Waals surface area contributed by atoms with Gasteiger partial charge in [0.1, 0.15) is 11.4 Å². The molecule has 2 aromatic heterocycles. The van der Waals surface area contributed by atoms with Gasteiger partial charge in [0, 0.05) is 22.9 Å². The zero-order chi connectivity index (χ0) is 34.0. The Balaban J connectivity index is 1.63. The minimum absolute atomic E-state index is 0.0451. The summed E-state index contributed by atoms with van der Waals surface area (Å²) in [6, 6.07) is 13.8. The van der Waals surface area contributed by atoms with E-state index in [-0.39, 0.29) is 34.9 Å². The van der Waals surface area contributed by atoms with Gasteiger partial charge in [0.05, 0.1) is 28.1 Å². The van der Waals surface area contributed by atoms with Gasteiger partial charge >= 0.3 is 24.0 Å². The van der Waals surface area contributed by atoms with Gasteiger partial charge in [0.2, 0.25) is 5.78 Å². The molecule has 0 unspecified atom stereocenters. The number of nitrogens with zero attached hydrogens (tertiary/aromatic N) is 1. The number of carbonyl (C=O) groups is 5. The lowest BCUT2D eigenvalue weighted by atomic mass is 10.0. The number of aromatic nitrogens is 1. The van der Waals surface area contributed by atoms with Crippen LogP contribution in [0.2, 0.25) is 0 Å². The fraction of sp³-hybridized carbons (Fsp3) is 0.219. The van der Waals surface area contributed by atoms with Crippen LogP contribution in [0.15, 0.2) is 66.9 Å². The van der Waals surface area contributed by atoms with Crippen LogP contribution in [0.5, 0.6) is 5.75 Å². The Bertz CT molecular complexity index is 1870. The number of ketones is 1. The van der Waals surface area contributed by atoms with Crippen molar-refractivity contribution in [2.75, 3.05) is 17.2 Å². The van der Waals surface area contributed by atoms with Gasteiger partial charge in [0.15, 0.2) is 6.61 Å². The third kappa shape index (κ3) is 7.52. The fourth-order valence-corrected chi connectivity index (χ4v) is 4.50. The lowest BCUT2D eigenvalue weighted by molar-refractivity contribution is -0.167. The molecular formula is C32H28F3N3O8. The molecule has 2 heterocycles. The summed E-state index contributed by atoms with van der Waals surface area (Å²) in [5, 5.41) is 13.9. The third-order valence-electron chi connectivity index (χ3n) is 6.43. The molecule has 4 rings (SSSR count). The minimum Gasteiger partial charge on any atom is -0.482 e. The number of halogens is 3. The summed E-state index contributed by atoms with van der Waals surface area (Å²) < 4.78 is 50.4. The Kier molecular flexibility index (Phi) is 9.21. The topological polar surface area (TPSA) is 153 Å². The maximum absolute atomic E-state index is 13.7. The second kappa shape index (κ2) is 12.8. The maximum Gasteiger partial charge on any atom is 0.471 e. The van der Waals surface area contributed by atoms with Crippen LogP contribution >= 0.6 is 0 Å². The standard InChI is InChI=1S/C32H28F3N3O8/c1-17-25(37-28(41)19-8-7-9-20(14-19)45-16-24(39)46-31(2,3)4)23-10-5-6-13-38(23)26(17)27(40)18-11-12-22(21(15-18)29(42)43)36-30(44)32(33,34)35/h5-15H,16H2,1-4H3,(H,36,44)(H,37,41)(H,42,43). The fourth-order valence-electron chi connectivity index (χ4n) is 4.50. The van der Waals surface area contributed by atoms with Crippen molar-refractivity contribution < 1.29 is 51.7 Å². The van der Waals surface area contributed by atoms with Crippen LogP contribution in [-0.4, -0.2) is 57.4 Å². The van der Waals surface area contributed by atoms with E-state index in [9.17, 15) is 42.3 Å². The molecular weight excluding hydrogens is 611 g/mol. The van der Waals surface area contributed by atoms with E-state index in [1.165, 1.54) is 21.9 Å².